The lowest BCUT2D eigenvalue weighted by atomic mass is 9.80. The lowest BCUT2D eigenvalue weighted by Crippen LogP contribution is -2.23. The van der Waals surface area contributed by atoms with E-state index in [0.29, 0.717) is 11.7 Å². The van der Waals surface area contributed by atoms with Gasteiger partial charge in [-0.2, -0.15) is 0 Å². The maximum atomic E-state index is 12.3. The van der Waals surface area contributed by atoms with Gasteiger partial charge in [0.25, 0.3) is 0 Å². The molecule has 1 heteroatoms. The molecule has 0 N–H and O–H groups in total. The number of hydrogen-bond donors (Lipinski definition) is 0. The fourth-order valence-electron chi connectivity index (χ4n) is 3.19. The van der Waals surface area contributed by atoms with E-state index in [-0.39, 0.29) is 5.92 Å². The van der Waals surface area contributed by atoms with Gasteiger partial charge in [0.15, 0.2) is 0 Å². The maximum Gasteiger partial charge on any atom is 0.138 e. The van der Waals surface area contributed by atoms with Crippen molar-refractivity contribution in [2.24, 2.45) is 11.8 Å². The van der Waals surface area contributed by atoms with Crippen molar-refractivity contribution >= 4 is 5.78 Å². The molecule has 2 rings (SSSR count). The SMILES string of the molecule is CC(CCC1=CC=CCC1)C(=O)C1CCCCC1. The van der Waals surface area contributed by atoms with Crippen LogP contribution < -0.4 is 0 Å². The van der Waals surface area contributed by atoms with Gasteiger partial charge in [-0.05, 0) is 38.5 Å². The predicted molar refractivity (Wildman–Crippen MR) is 76.4 cm³/mol. The molecular formula is C17H26O. The van der Waals surface area contributed by atoms with Crippen LogP contribution in [0.1, 0.15) is 64.7 Å². The third-order valence-corrected chi connectivity index (χ3v) is 4.49. The molecule has 0 aliphatic heterocycles. The predicted octanol–water partition coefficient (Wildman–Crippen LogP) is 4.83. The van der Waals surface area contributed by atoms with Gasteiger partial charge >= 0.3 is 0 Å². The highest BCUT2D eigenvalue weighted by Crippen LogP contribution is 2.29. The topological polar surface area (TPSA) is 17.1 Å². The molecule has 0 aromatic rings. The maximum absolute atomic E-state index is 12.3. The summed E-state index contributed by atoms with van der Waals surface area (Å²) in [5, 5.41) is 0. The van der Waals surface area contributed by atoms with Crippen LogP contribution in [0.4, 0.5) is 0 Å². The van der Waals surface area contributed by atoms with Gasteiger partial charge in [-0.15, -0.1) is 0 Å². The highest BCUT2D eigenvalue weighted by molar-refractivity contribution is 5.83. The standard InChI is InChI=1S/C17H26O/c1-14(12-13-15-8-4-2-5-9-15)17(18)16-10-6-3-7-11-16/h2,4,8,14,16H,3,5-7,9-13H2,1H3. The fraction of sp³-hybridized carbons (Fsp3) is 0.706. The van der Waals surface area contributed by atoms with E-state index in [4.69, 9.17) is 0 Å². The monoisotopic (exact) mass is 246 g/mol. The van der Waals surface area contributed by atoms with E-state index in [2.05, 4.69) is 25.2 Å². The molecule has 0 heterocycles. The van der Waals surface area contributed by atoms with Gasteiger partial charge in [0.2, 0.25) is 0 Å². The van der Waals surface area contributed by atoms with Crippen LogP contribution in [-0.2, 0) is 4.79 Å². The Balaban J connectivity index is 1.76. The van der Waals surface area contributed by atoms with Crippen molar-refractivity contribution in [2.75, 3.05) is 0 Å². The number of Topliss-reactive ketones (excluding diaryl/α,β-unsaturated/α-hetero) is 1. The van der Waals surface area contributed by atoms with Crippen LogP contribution in [0.25, 0.3) is 0 Å². The van der Waals surface area contributed by atoms with Gasteiger partial charge in [-0.3, -0.25) is 4.79 Å². The molecule has 0 aromatic heterocycles. The number of carbonyl (C=O) groups excluding carboxylic acids is 1. The lowest BCUT2D eigenvalue weighted by Gasteiger charge is -2.23. The number of hydrogen-bond acceptors (Lipinski definition) is 1. The summed E-state index contributed by atoms with van der Waals surface area (Å²) in [7, 11) is 0. The van der Waals surface area contributed by atoms with Crippen LogP contribution in [0.3, 0.4) is 0 Å². The van der Waals surface area contributed by atoms with Crippen LogP contribution in [0.5, 0.6) is 0 Å². The van der Waals surface area contributed by atoms with Crippen molar-refractivity contribution in [1.82, 2.24) is 0 Å². The molecule has 1 fully saturated rings. The first-order valence-electron chi connectivity index (χ1n) is 7.65. The molecule has 1 unspecified atom stereocenters. The Morgan fingerprint density at radius 1 is 1.33 bits per heavy atom. The molecule has 0 bridgehead atoms. The molecule has 2 aliphatic carbocycles. The zero-order chi connectivity index (χ0) is 12.8. The Bertz CT molecular complexity index is 332. The molecule has 0 aromatic carbocycles. The third-order valence-electron chi connectivity index (χ3n) is 4.49. The van der Waals surface area contributed by atoms with Crippen LogP contribution in [0, 0.1) is 11.8 Å². The van der Waals surface area contributed by atoms with Crippen molar-refractivity contribution in [3.05, 3.63) is 23.8 Å². The van der Waals surface area contributed by atoms with Gasteiger partial charge in [0.1, 0.15) is 5.78 Å². The van der Waals surface area contributed by atoms with Crippen LogP contribution in [-0.4, -0.2) is 5.78 Å². The smallest absolute Gasteiger partial charge is 0.138 e. The quantitative estimate of drug-likeness (QED) is 0.679. The average molecular weight is 246 g/mol. The molecule has 0 spiro atoms. The summed E-state index contributed by atoms with van der Waals surface area (Å²) in [4.78, 5) is 12.3. The van der Waals surface area contributed by atoms with Crippen LogP contribution in [0.2, 0.25) is 0 Å². The van der Waals surface area contributed by atoms with Gasteiger partial charge in [0.05, 0.1) is 0 Å². The Hall–Kier alpha value is -0.850. The number of allylic oxidation sites excluding steroid dienone is 4. The molecule has 1 atom stereocenters. The summed E-state index contributed by atoms with van der Waals surface area (Å²) >= 11 is 0. The Morgan fingerprint density at radius 3 is 2.78 bits per heavy atom. The second-order valence-corrected chi connectivity index (χ2v) is 5.97. The van der Waals surface area contributed by atoms with Crippen LogP contribution in [0.15, 0.2) is 23.8 Å². The van der Waals surface area contributed by atoms with Crippen molar-refractivity contribution < 1.29 is 4.79 Å². The summed E-state index contributed by atoms with van der Waals surface area (Å²) in [5.74, 6) is 1.19. The van der Waals surface area contributed by atoms with E-state index in [1.54, 1.807) is 0 Å². The van der Waals surface area contributed by atoms with E-state index in [1.807, 2.05) is 0 Å². The summed E-state index contributed by atoms with van der Waals surface area (Å²) in [6.07, 6.45) is 17.3. The molecule has 1 nitrogen and oxygen atoms in total. The van der Waals surface area contributed by atoms with Gasteiger partial charge < -0.3 is 0 Å². The van der Waals surface area contributed by atoms with Gasteiger partial charge in [-0.1, -0.05) is 50.0 Å². The summed E-state index contributed by atoms with van der Waals surface area (Å²) < 4.78 is 0. The molecule has 2 aliphatic rings. The van der Waals surface area contributed by atoms with Crippen molar-refractivity contribution in [1.29, 1.82) is 0 Å². The fourth-order valence-corrected chi connectivity index (χ4v) is 3.19. The second kappa shape index (κ2) is 6.92. The van der Waals surface area contributed by atoms with Crippen molar-refractivity contribution in [2.45, 2.75) is 64.7 Å². The first-order chi connectivity index (χ1) is 8.77. The number of carbonyl (C=O) groups is 1. The number of ketones is 1. The summed E-state index contributed by atoms with van der Waals surface area (Å²) in [6.45, 7) is 2.14. The number of rotatable bonds is 5. The van der Waals surface area contributed by atoms with Gasteiger partial charge in [0, 0.05) is 11.8 Å². The molecular weight excluding hydrogens is 220 g/mol. The Kier molecular flexibility index (Phi) is 5.22. The summed E-state index contributed by atoms with van der Waals surface area (Å²) in [5.41, 5.74) is 1.53. The molecule has 100 valence electrons. The zero-order valence-corrected chi connectivity index (χ0v) is 11.7. The lowest BCUT2D eigenvalue weighted by molar-refractivity contribution is -0.127. The highest BCUT2D eigenvalue weighted by atomic mass is 16.1. The van der Waals surface area contributed by atoms with Crippen molar-refractivity contribution in [3.8, 4) is 0 Å². The molecule has 0 saturated heterocycles. The minimum absolute atomic E-state index is 0.264. The third kappa shape index (κ3) is 3.83. The zero-order valence-electron chi connectivity index (χ0n) is 11.7. The van der Waals surface area contributed by atoms with Gasteiger partial charge in [-0.25, -0.2) is 0 Å². The van der Waals surface area contributed by atoms with E-state index < -0.39 is 0 Å². The van der Waals surface area contributed by atoms with E-state index >= 15 is 0 Å². The first-order valence-corrected chi connectivity index (χ1v) is 7.65. The average Bonchev–Trinajstić information content (AvgIpc) is 2.46. The normalized spacial score (nSPS) is 22.6. The summed E-state index contributed by atoms with van der Waals surface area (Å²) in [6, 6.07) is 0. The van der Waals surface area contributed by atoms with E-state index in [9.17, 15) is 4.79 Å². The molecule has 0 radical (unpaired) electrons. The first kappa shape index (κ1) is 13.6. The minimum Gasteiger partial charge on any atom is -0.299 e. The largest absolute Gasteiger partial charge is 0.299 e. The Morgan fingerprint density at radius 2 is 2.11 bits per heavy atom. The highest BCUT2D eigenvalue weighted by Gasteiger charge is 2.25. The molecule has 0 amide bonds. The Labute approximate surface area is 111 Å². The second-order valence-electron chi connectivity index (χ2n) is 5.97. The van der Waals surface area contributed by atoms with Crippen molar-refractivity contribution in [3.63, 3.8) is 0 Å². The van der Waals surface area contributed by atoms with Crippen LogP contribution >= 0.6 is 0 Å². The molecule has 18 heavy (non-hydrogen) atoms. The molecule has 1 saturated carbocycles. The minimum atomic E-state index is 0.264. The van der Waals surface area contributed by atoms with E-state index in [1.165, 1.54) is 37.7 Å². The van der Waals surface area contributed by atoms with E-state index in [0.717, 1.165) is 25.7 Å².